The number of imidazole rings is 1. The normalized spacial score (nSPS) is 18.2. The second kappa shape index (κ2) is 7.01. The number of hydrogen-bond acceptors (Lipinski definition) is 3. The zero-order valence-corrected chi connectivity index (χ0v) is 13.8. The summed E-state index contributed by atoms with van der Waals surface area (Å²) in [7, 11) is 0. The van der Waals surface area contributed by atoms with Crippen LogP contribution in [0.5, 0.6) is 0 Å². The lowest BCUT2D eigenvalue weighted by molar-refractivity contribution is 0.212. The molecule has 0 amide bonds. The van der Waals surface area contributed by atoms with E-state index in [1.54, 1.807) is 0 Å². The molecule has 1 aromatic carbocycles. The first kappa shape index (κ1) is 15.1. The zero-order chi connectivity index (χ0) is 16.2. The molecule has 0 bridgehead atoms. The van der Waals surface area contributed by atoms with Gasteiger partial charge in [0.1, 0.15) is 5.82 Å². The van der Waals surface area contributed by atoms with Crippen LogP contribution < -0.4 is 0 Å². The van der Waals surface area contributed by atoms with Crippen LogP contribution >= 0.6 is 0 Å². The van der Waals surface area contributed by atoms with E-state index in [1.807, 2.05) is 29.3 Å². The zero-order valence-electron chi connectivity index (χ0n) is 13.8. The fourth-order valence-corrected chi connectivity index (χ4v) is 3.53. The van der Waals surface area contributed by atoms with Crippen molar-refractivity contribution in [3.05, 3.63) is 72.6 Å². The molecule has 24 heavy (non-hydrogen) atoms. The van der Waals surface area contributed by atoms with Gasteiger partial charge in [0.2, 0.25) is 0 Å². The van der Waals surface area contributed by atoms with Gasteiger partial charge >= 0.3 is 0 Å². The molecule has 0 radical (unpaired) electrons. The summed E-state index contributed by atoms with van der Waals surface area (Å²) in [4.78, 5) is 7.15. The molecule has 1 saturated heterocycles. The van der Waals surface area contributed by atoms with Crippen LogP contribution in [-0.4, -0.2) is 36.8 Å². The Bertz CT molecular complexity index is 747. The number of benzene rings is 1. The molecule has 0 N–H and O–H groups in total. The van der Waals surface area contributed by atoms with E-state index in [2.05, 4.69) is 56.1 Å². The summed E-state index contributed by atoms with van der Waals surface area (Å²) >= 11 is 0. The predicted octanol–water partition coefficient (Wildman–Crippen LogP) is 2.79. The van der Waals surface area contributed by atoms with E-state index in [0.29, 0.717) is 6.04 Å². The fourth-order valence-electron chi connectivity index (χ4n) is 3.53. The highest BCUT2D eigenvalue weighted by Gasteiger charge is 2.26. The minimum Gasteiger partial charge on any atom is -0.329 e. The molecule has 0 unspecified atom stereocenters. The highest BCUT2D eigenvalue weighted by atomic mass is 15.3. The van der Waals surface area contributed by atoms with E-state index < -0.39 is 0 Å². The van der Waals surface area contributed by atoms with Gasteiger partial charge in [-0.15, -0.1) is 0 Å². The van der Waals surface area contributed by atoms with E-state index >= 15 is 0 Å². The average molecular weight is 321 g/mol. The van der Waals surface area contributed by atoms with Crippen LogP contribution in [0, 0.1) is 0 Å². The van der Waals surface area contributed by atoms with Crippen molar-refractivity contribution in [2.75, 3.05) is 6.54 Å². The van der Waals surface area contributed by atoms with Crippen molar-refractivity contribution >= 4 is 0 Å². The van der Waals surface area contributed by atoms with Crippen LogP contribution in [0.3, 0.4) is 0 Å². The lowest BCUT2D eigenvalue weighted by Crippen LogP contribution is -2.33. The van der Waals surface area contributed by atoms with Crippen LogP contribution in [-0.2, 0) is 19.6 Å². The Morgan fingerprint density at radius 1 is 1.00 bits per heavy atom. The number of rotatable bonds is 6. The standard InChI is InChI=1S/C19H23N5/c1-2-6-17(7-3-1)14-23-13-10-20-19(23)16-22-11-4-8-18(22)15-24-12-5-9-21-24/h1-3,5-7,9-10,12-13,18H,4,8,11,14-16H2/t18-/m0/s1. The minimum absolute atomic E-state index is 0.548. The Labute approximate surface area is 142 Å². The highest BCUT2D eigenvalue weighted by Crippen LogP contribution is 2.21. The Kier molecular flexibility index (Phi) is 4.42. The molecule has 2 aromatic heterocycles. The van der Waals surface area contributed by atoms with E-state index in [4.69, 9.17) is 0 Å². The van der Waals surface area contributed by atoms with E-state index in [1.165, 1.54) is 18.4 Å². The Morgan fingerprint density at radius 3 is 2.75 bits per heavy atom. The van der Waals surface area contributed by atoms with Gasteiger partial charge in [-0.1, -0.05) is 30.3 Å². The van der Waals surface area contributed by atoms with Gasteiger partial charge in [-0.2, -0.15) is 5.10 Å². The molecule has 0 saturated carbocycles. The first-order chi connectivity index (χ1) is 11.9. The fraction of sp³-hybridized carbons (Fsp3) is 0.368. The van der Waals surface area contributed by atoms with Crippen molar-refractivity contribution in [1.29, 1.82) is 0 Å². The molecule has 0 aliphatic carbocycles. The SMILES string of the molecule is c1ccc(Cn2ccnc2CN2CCC[C@H]2Cn2cccn2)cc1. The smallest absolute Gasteiger partial charge is 0.123 e. The molecule has 1 aliphatic rings. The molecular formula is C19H23N5. The monoisotopic (exact) mass is 321 g/mol. The topological polar surface area (TPSA) is 38.9 Å². The minimum atomic E-state index is 0.548. The Morgan fingerprint density at radius 2 is 1.92 bits per heavy atom. The van der Waals surface area contributed by atoms with Crippen molar-refractivity contribution in [1.82, 2.24) is 24.2 Å². The number of likely N-dealkylation sites (tertiary alicyclic amines) is 1. The summed E-state index contributed by atoms with van der Waals surface area (Å²) in [5, 5.41) is 4.35. The van der Waals surface area contributed by atoms with Crippen LogP contribution in [0.4, 0.5) is 0 Å². The number of hydrogen-bond donors (Lipinski definition) is 0. The molecule has 124 valence electrons. The van der Waals surface area contributed by atoms with E-state index in [0.717, 1.165) is 32.0 Å². The Hall–Kier alpha value is -2.40. The Balaban J connectivity index is 1.44. The van der Waals surface area contributed by atoms with Gasteiger partial charge in [0, 0.05) is 37.4 Å². The van der Waals surface area contributed by atoms with Crippen LogP contribution in [0.1, 0.15) is 24.2 Å². The van der Waals surface area contributed by atoms with Crippen molar-refractivity contribution in [3.8, 4) is 0 Å². The third-order valence-corrected chi connectivity index (χ3v) is 4.80. The average Bonchev–Trinajstić information content (AvgIpc) is 3.34. The molecule has 3 heterocycles. The molecule has 3 aromatic rings. The largest absolute Gasteiger partial charge is 0.329 e. The third kappa shape index (κ3) is 3.41. The van der Waals surface area contributed by atoms with Crippen molar-refractivity contribution in [3.63, 3.8) is 0 Å². The maximum Gasteiger partial charge on any atom is 0.123 e. The summed E-state index contributed by atoms with van der Waals surface area (Å²) in [6.45, 7) is 3.90. The molecular weight excluding hydrogens is 298 g/mol. The van der Waals surface area contributed by atoms with Crippen molar-refractivity contribution < 1.29 is 0 Å². The summed E-state index contributed by atoms with van der Waals surface area (Å²) in [5.74, 6) is 1.14. The molecule has 0 spiro atoms. The van der Waals surface area contributed by atoms with Gasteiger partial charge < -0.3 is 4.57 Å². The number of aromatic nitrogens is 4. The third-order valence-electron chi connectivity index (χ3n) is 4.80. The molecule has 1 atom stereocenters. The van der Waals surface area contributed by atoms with Gasteiger partial charge in [-0.25, -0.2) is 4.98 Å². The van der Waals surface area contributed by atoms with Gasteiger partial charge in [0.05, 0.1) is 13.1 Å². The van der Waals surface area contributed by atoms with Crippen LogP contribution in [0.2, 0.25) is 0 Å². The summed E-state index contributed by atoms with van der Waals surface area (Å²) < 4.78 is 4.30. The van der Waals surface area contributed by atoms with Crippen molar-refractivity contribution in [2.24, 2.45) is 0 Å². The van der Waals surface area contributed by atoms with Gasteiger partial charge in [-0.3, -0.25) is 9.58 Å². The quantitative estimate of drug-likeness (QED) is 0.701. The maximum atomic E-state index is 4.61. The lowest BCUT2D eigenvalue weighted by atomic mass is 10.2. The van der Waals surface area contributed by atoms with Gasteiger partial charge in [-0.05, 0) is 31.0 Å². The molecule has 1 aliphatic heterocycles. The second-order valence-electron chi connectivity index (χ2n) is 6.45. The van der Waals surface area contributed by atoms with Gasteiger partial charge in [0.15, 0.2) is 0 Å². The van der Waals surface area contributed by atoms with Crippen molar-refractivity contribution in [2.45, 2.75) is 38.5 Å². The van der Waals surface area contributed by atoms with E-state index in [-0.39, 0.29) is 0 Å². The molecule has 5 heteroatoms. The van der Waals surface area contributed by atoms with Gasteiger partial charge in [0.25, 0.3) is 0 Å². The summed E-state index contributed by atoms with van der Waals surface area (Å²) in [6, 6.07) is 13.1. The first-order valence-corrected chi connectivity index (χ1v) is 8.64. The first-order valence-electron chi connectivity index (χ1n) is 8.64. The number of nitrogens with zero attached hydrogens (tertiary/aromatic N) is 5. The predicted molar refractivity (Wildman–Crippen MR) is 93.4 cm³/mol. The highest BCUT2D eigenvalue weighted by molar-refractivity contribution is 5.15. The molecule has 1 fully saturated rings. The van der Waals surface area contributed by atoms with Crippen LogP contribution in [0.25, 0.3) is 0 Å². The molecule has 4 rings (SSSR count). The maximum absolute atomic E-state index is 4.61. The second-order valence-corrected chi connectivity index (χ2v) is 6.45. The lowest BCUT2D eigenvalue weighted by Gasteiger charge is -2.24. The summed E-state index contributed by atoms with van der Waals surface area (Å²) in [5.41, 5.74) is 1.31. The molecule has 5 nitrogen and oxygen atoms in total. The van der Waals surface area contributed by atoms with Crippen LogP contribution in [0.15, 0.2) is 61.2 Å². The van der Waals surface area contributed by atoms with E-state index in [9.17, 15) is 0 Å². The summed E-state index contributed by atoms with van der Waals surface area (Å²) in [6.07, 6.45) is 10.4.